The zero-order valence-electron chi connectivity index (χ0n) is 6.79. The first kappa shape index (κ1) is 9.92. The van der Waals surface area contributed by atoms with Crippen molar-refractivity contribution in [3.8, 4) is 6.07 Å². The molecule has 3 N–H and O–H groups in total. The van der Waals surface area contributed by atoms with Crippen LogP contribution in [0.15, 0.2) is 0 Å². The van der Waals surface area contributed by atoms with Gasteiger partial charge in [0.1, 0.15) is 6.04 Å². The van der Waals surface area contributed by atoms with E-state index in [2.05, 4.69) is 5.32 Å². The summed E-state index contributed by atoms with van der Waals surface area (Å²) in [7, 11) is 0. The lowest BCUT2D eigenvalue weighted by Crippen LogP contribution is -2.34. The van der Waals surface area contributed by atoms with Crippen LogP contribution in [0.25, 0.3) is 0 Å². The lowest BCUT2D eigenvalue weighted by atomic mass is 10.2. The van der Waals surface area contributed by atoms with Crippen LogP contribution in [0.3, 0.4) is 0 Å². The van der Waals surface area contributed by atoms with Gasteiger partial charge in [-0.15, -0.1) is 0 Å². The minimum atomic E-state index is -0.686. The second-order valence-electron chi connectivity index (χ2n) is 2.66. The third-order valence-corrected chi connectivity index (χ3v) is 1.02. The van der Waals surface area contributed by atoms with Crippen LogP contribution in [0.1, 0.15) is 20.3 Å². The predicted molar refractivity (Wildman–Crippen MR) is 41.5 cm³/mol. The van der Waals surface area contributed by atoms with E-state index in [-0.39, 0.29) is 18.4 Å². The van der Waals surface area contributed by atoms with E-state index < -0.39 is 6.04 Å². The Kier molecular flexibility index (Phi) is 4.23. The molecule has 0 rings (SSSR count). The third-order valence-electron chi connectivity index (χ3n) is 1.02. The molecule has 0 aromatic heterocycles. The van der Waals surface area contributed by atoms with E-state index in [0.717, 1.165) is 0 Å². The number of nitrogens with one attached hydrogen (secondary N) is 1. The molecule has 0 aromatic rings. The van der Waals surface area contributed by atoms with Gasteiger partial charge in [-0.1, -0.05) is 0 Å². The van der Waals surface area contributed by atoms with Crippen LogP contribution in [-0.2, 0) is 4.79 Å². The van der Waals surface area contributed by atoms with Crippen molar-refractivity contribution in [3.63, 3.8) is 0 Å². The van der Waals surface area contributed by atoms with Crippen molar-refractivity contribution in [2.24, 2.45) is 5.73 Å². The first-order valence-electron chi connectivity index (χ1n) is 3.50. The van der Waals surface area contributed by atoms with Gasteiger partial charge in [0.05, 0.1) is 12.5 Å². The Balaban J connectivity index is 3.63. The number of nitriles is 1. The highest BCUT2D eigenvalue weighted by Gasteiger charge is 2.08. The van der Waals surface area contributed by atoms with Crippen molar-refractivity contribution in [2.75, 3.05) is 0 Å². The number of nitrogens with zero attached hydrogens (tertiary/aromatic N) is 1. The van der Waals surface area contributed by atoms with E-state index in [1.54, 1.807) is 6.07 Å². The smallest absolute Gasteiger partial charge is 0.222 e. The van der Waals surface area contributed by atoms with Gasteiger partial charge in [-0.25, -0.2) is 0 Å². The van der Waals surface area contributed by atoms with Crippen LogP contribution in [0.2, 0.25) is 0 Å². The maximum absolute atomic E-state index is 10.9. The summed E-state index contributed by atoms with van der Waals surface area (Å²) in [5, 5.41) is 10.9. The summed E-state index contributed by atoms with van der Waals surface area (Å²) in [5.74, 6) is -0.172. The molecule has 1 atom stereocenters. The summed E-state index contributed by atoms with van der Waals surface area (Å²) in [6.07, 6.45) is 0.0781. The van der Waals surface area contributed by atoms with Crippen LogP contribution in [0.5, 0.6) is 0 Å². The number of carbonyl (C=O) groups excluding carboxylic acids is 1. The molecule has 62 valence electrons. The first-order valence-corrected chi connectivity index (χ1v) is 3.50. The van der Waals surface area contributed by atoms with Gasteiger partial charge in [0.25, 0.3) is 0 Å². The first-order chi connectivity index (χ1) is 5.06. The van der Waals surface area contributed by atoms with Gasteiger partial charge in [-0.2, -0.15) is 5.26 Å². The molecule has 0 bridgehead atoms. The molecule has 0 saturated carbocycles. The molecule has 0 heterocycles. The van der Waals surface area contributed by atoms with Crippen LogP contribution < -0.4 is 11.1 Å². The summed E-state index contributed by atoms with van der Waals surface area (Å²) in [6.45, 7) is 3.71. The number of hydrogen-bond acceptors (Lipinski definition) is 3. The van der Waals surface area contributed by atoms with E-state index in [9.17, 15) is 4.79 Å². The molecule has 1 unspecified atom stereocenters. The van der Waals surface area contributed by atoms with Crippen LogP contribution in [0, 0.1) is 11.3 Å². The van der Waals surface area contributed by atoms with E-state index in [1.165, 1.54) is 0 Å². The molecule has 0 aliphatic heterocycles. The number of nitrogens with two attached hydrogens (primary N) is 1. The normalized spacial score (nSPS) is 12.3. The Labute approximate surface area is 66.4 Å². The Morgan fingerprint density at radius 1 is 1.73 bits per heavy atom. The number of rotatable bonds is 3. The van der Waals surface area contributed by atoms with Gasteiger partial charge >= 0.3 is 0 Å². The second-order valence-corrected chi connectivity index (χ2v) is 2.66. The van der Waals surface area contributed by atoms with Gasteiger partial charge in [0, 0.05) is 6.04 Å². The maximum Gasteiger partial charge on any atom is 0.222 e. The molecule has 0 aliphatic rings. The van der Waals surface area contributed by atoms with E-state index in [1.807, 2.05) is 13.8 Å². The standard InChI is InChI=1S/C7H13N3O/c1-5(2)10-7(11)3-6(9)4-8/h5-6H,3,9H2,1-2H3,(H,10,11). The highest BCUT2D eigenvalue weighted by atomic mass is 16.1. The fourth-order valence-corrected chi connectivity index (χ4v) is 0.626. The number of amides is 1. The predicted octanol–water partition coefficient (Wildman–Crippen LogP) is -0.248. The third kappa shape index (κ3) is 5.37. The van der Waals surface area contributed by atoms with Gasteiger partial charge in [0.15, 0.2) is 0 Å². The molecule has 0 radical (unpaired) electrons. The van der Waals surface area contributed by atoms with Gasteiger partial charge < -0.3 is 11.1 Å². The summed E-state index contributed by atoms with van der Waals surface area (Å²) < 4.78 is 0. The molecule has 0 fully saturated rings. The summed E-state index contributed by atoms with van der Waals surface area (Å²) in [4.78, 5) is 10.9. The quantitative estimate of drug-likeness (QED) is 0.590. The second kappa shape index (κ2) is 4.69. The van der Waals surface area contributed by atoms with Crippen LogP contribution in [0.4, 0.5) is 0 Å². The Bertz CT molecular complexity index is 171. The number of carbonyl (C=O) groups is 1. The molecule has 4 nitrogen and oxygen atoms in total. The van der Waals surface area contributed by atoms with Gasteiger partial charge in [-0.05, 0) is 13.8 Å². The average Bonchev–Trinajstić information content (AvgIpc) is 1.85. The highest BCUT2D eigenvalue weighted by Crippen LogP contribution is 1.87. The molecule has 0 spiro atoms. The molecule has 1 amide bonds. The topological polar surface area (TPSA) is 78.9 Å². The molecule has 4 heteroatoms. The zero-order valence-corrected chi connectivity index (χ0v) is 6.79. The lowest BCUT2D eigenvalue weighted by Gasteiger charge is -2.08. The molecular formula is C7H13N3O. The fraction of sp³-hybridized carbons (Fsp3) is 0.714. The molecule has 0 aromatic carbocycles. The maximum atomic E-state index is 10.9. The molecular weight excluding hydrogens is 142 g/mol. The average molecular weight is 155 g/mol. The fourth-order valence-electron chi connectivity index (χ4n) is 0.626. The van der Waals surface area contributed by atoms with E-state index in [4.69, 9.17) is 11.0 Å². The van der Waals surface area contributed by atoms with Crippen molar-refractivity contribution < 1.29 is 4.79 Å². The van der Waals surface area contributed by atoms with Crippen molar-refractivity contribution in [1.29, 1.82) is 5.26 Å². The summed E-state index contributed by atoms with van der Waals surface area (Å²) in [6, 6.07) is 1.20. The zero-order chi connectivity index (χ0) is 8.85. The highest BCUT2D eigenvalue weighted by molar-refractivity contribution is 5.77. The Morgan fingerprint density at radius 2 is 2.27 bits per heavy atom. The Hall–Kier alpha value is -1.08. The molecule has 0 saturated heterocycles. The van der Waals surface area contributed by atoms with Crippen molar-refractivity contribution in [1.82, 2.24) is 5.32 Å². The molecule has 11 heavy (non-hydrogen) atoms. The SMILES string of the molecule is CC(C)NC(=O)CC(N)C#N. The van der Waals surface area contributed by atoms with Crippen molar-refractivity contribution >= 4 is 5.91 Å². The minimum absolute atomic E-state index is 0.0781. The summed E-state index contributed by atoms with van der Waals surface area (Å²) >= 11 is 0. The van der Waals surface area contributed by atoms with Gasteiger partial charge in [-0.3, -0.25) is 4.79 Å². The van der Waals surface area contributed by atoms with Crippen molar-refractivity contribution in [3.05, 3.63) is 0 Å². The van der Waals surface area contributed by atoms with Crippen molar-refractivity contribution in [2.45, 2.75) is 32.4 Å². The largest absolute Gasteiger partial charge is 0.354 e. The lowest BCUT2D eigenvalue weighted by molar-refractivity contribution is -0.121. The van der Waals surface area contributed by atoms with Gasteiger partial charge in [0.2, 0.25) is 5.91 Å². The Morgan fingerprint density at radius 3 is 2.64 bits per heavy atom. The van der Waals surface area contributed by atoms with Crippen LogP contribution in [-0.4, -0.2) is 18.0 Å². The monoisotopic (exact) mass is 155 g/mol. The van der Waals surface area contributed by atoms with Crippen LogP contribution >= 0.6 is 0 Å². The molecule has 0 aliphatic carbocycles. The summed E-state index contributed by atoms with van der Waals surface area (Å²) in [5.41, 5.74) is 5.23. The van der Waals surface area contributed by atoms with E-state index in [0.29, 0.717) is 0 Å². The minimum Gasteiger partial charge on any atom is -0.354 e. The van der Waals surface area contributed by atoms with E-state index >= 15 is 0 Å². The number of hydrogen-bond donors (Lipinski definition) is 2.